The smallest absolute Gasteiger partial charge is 0.293 e. The van der Waals surface area contributed by atoms with Crippen molar-refractivity contribution >= 4 is 17.3 Å². The Morgan fingerprint density at radius 1 is 1.40 bits per heavy atom. The molecule has 2 heterocycles. The summed E-state index contributed by atoms with van der Waals surface area (Å²) in [6, 6.07) is 2.99. The van der Waals surface area contributed by atoms with Crippen molar-refractivity contribution in [2.24, 2.45) is 5.92 Å². The summed E-state index contributed by atoms with van der Waals surface area (Å²) in [7, 11) is 0. The number of carbonyl (C=O) groups is 1. The lowest BCUT2D eigenvalue weighted by atomic mass is 9.90. The molecule has 0 aromatic heterocycles. The molecule has 0 saturated carbocycles. The molecule has 0 aliphatic carbocycles. The highest BCUT2D eigenvalue weighted by Crippen LogP contribution is 2.35. The van der Waals surface area contributed by atoms with Crippen molar-refractivity contribution < 1.29 is 19.2 Å². The van der Waals surface area contributed by atoms with Gasteiger partial charge in [-0.1, -0.05) is 0 Å². The molecule has 0 spiro atoms. The van der Waals surface area contributed by atoms with E-state index >= 15 is 0 Å². The lowest BCUT2D eigenvalue weighted by molar-refractivity contribution is -0.384. The first-order valence-electron chi connectivity index (χ1n) is 8.43. The third-order valence-electron chi connectivity index (χ3n) is 5.04. The van der Waals surface area contributed by atoms with Crippen LogP contribution in [0.2, 0.25) is 0 Å². The minimum atomic E-state index is -0.677. The van der Waals surface area contributed by atoms with Crippen LogP contribution in [0.3, 0.4) is 0 Å². The SMILES string of the molecule is Cc1cc(C(=O)N2CCC[C@H](C3(C)OCCO3)C2)c(N)c([N+](=O)[O-])c1. The maximum atomic E-state index is 13.0. The normalized spacial score (nSPS) is 22.8. The van der Waals surface area contributed by atoms with Crippen LogP contribution in [0.15, 0.2) is 12.1 Å². The van der Waals surface area contributed by atoms with Gasteiger partial charge in [0.05, 0.1) is 23.7 Å². The fourth-order valence-electron chi connectivity index (χ4n) is 3.63. The number of nitrogens with zero attached hydrogens (tertiary/aromatic N) is 2. The zero-order chi connectivity index (χ0) is 18.2. The Balaban J connectivity index is 1.84. The highest BCUT2D eigenvalue weighted by molar-refractivity contribution is 6.01. The molecule has 25 heavy (non-hydrogen) atoms. The van der Waals surface area contributed by atoms with Gasteiger partial charge >= 0.3 is 0 Å². The Morgan fingerprint density at radius 3 is 2.72 bits per heavy atom. The van der Waals surface area contributed by atoms with Gasteiger partial charge in [-0.2, -0.15) is 0 Å². The molecule has 1 aromatic rings. The van der Waals surface area contributed by atoms with E-state index in [0.29, 0.717) is 31.9 Å². The number of hydrogen-bond donors (Lipinski definition) is 1. The molecule has 2 fully saturated rings. The Morgan fingerprint density at radius 2 is 2.08 bits per heavy atom. The van der Waals surface area contributed by atoms with Crippen molar-refractivity contribution in [2.45, 2.75) is 32.5 Å². The number of likely N-dealkylation sites (tertiary alicyclic amines) is 1. The van der Waals surface area contributed by atoms with E-state index in [4.69, 9.17) is 15.2 Å². The van der Waals surface area contributed by atoms with Crippen LogP contribution in [0, 0.1) is 23.0 Å². The fourth-order valence-corrected chi connectivity index (χ4v) is 3.63. The number of piperidine rings is 1. The van der Waals surface area contributed by atoms with E-state index in [1.54, 1.807) is 17.9 Å². The molecular formula is C17H23N3O5. The van der Waals surface area contributed by atoms with E-state index in [1.165, 1.54) is 6.07 Å². The predicted molar refractivity (Wildman–Crippen MR) is 91.2 cm³/mol. The number of nitrogen functional groups attached to an aromatic ring is 1. The summed E-state index contributed by atoms with van der Waals surface area (Å²) >= 11 is 0. The van der Waals surface area contributed by atoms with Crippen LogP contribution in [0.5, 0.6) is 0 Å². The summed E-state index contributed by atoms with van der Waals surface area (Å²) < 4.78 is 11.5. The summed E-state index contributed by atoms with van der Waals surface area (Å²) in [4.78, 5) is 25.3. The number of hydrogen-bond acceptors (Lipinski definition) is 6. The van der Waals surface area contributed by atoms with Gasteiger partial charge in [-0.05, 0) is 38.3 Å². The summed E-state index contributed by atoms with van der Waals surface area (Å²) in [6.07, 6.45) is 1.73. The number of anilines is 1. The minimum Gasteiger partial charge on any atom is -0.393 e. The lowest BCUT2D eigenvalue weighted by Gasteiger charge is -2.40. The fraction of sp³-hybridized carbons (Fsp3) is 0.588. The van der Waals surface area contributed by atoms with Crippen LogP contribution >= 0.6 is 0 Å². The molecule has 2 aliphatic heterocycles. The third kappa shape index (κ3) is 3.32. The van der Waals surface area contributed by atoms with Gasteiger partial charge < -0.3 is 20.1 Å². The molecule has 3 rings (SSSR count). The van der Waals surface area contributed by atoms with Gasteiger partial charge in [0, 0.05) is 25.1 Å². The predicted octanol–water partition coefficient (Wildman–Crippen LogP) is 2.10. The number of benzene rings is 1. The molecule has 0 radical (unpaired) electrons. The number of carbonyl (C=O) groups excluding carboxylic acids is 1. The molecule has 0 bridgehead atoms. The number of aryl methyl sites for hydroxylation is 1. The highest BCUT2D eigenvalue weighted by atomic mass is 16.7. The Kier molecular flexibility index (Phi) is 4.66. The Labute approximate surface area is 146 Å². The monoisotopic (exact) mass is 349 g/mol. The van der Waals surface area contributed by atoms with Crippen LogP contribution in [0.25, 0.3) is 0 Å². The molecular weight excluding hydrogens is 326 g/mol. The van der Waals surface area contributed by atoms with Crippen LogP contribution < -0.4 is 5.73 Å². The van der Waals surface area contributed by atoms with Crippen molar-refractivity contribution in [3.05, 3.63) is 33.4 Å². The second-order valence-electron chi connectivity index (χ2n) is 6.81. The molecule has 1 aromatic carbocycles. The van der Waals surface area contributed by atoms with Gasteiger partial charge in [0.15, 0.2) is 5.79 Å². The zero-order valence-corrected chi connectivity index (χ0v) is 14.5. The average molecular weight is 349 g/mol. The summed E-state index contributed by atoms with van der Waals surface area (Å²) in [5.41, 5.74) is 6.41. The van der Waals surface area contributed by atoms with Gasteiger partial charge in [0.25, 0.3) is 11.6 Å². The van der Waals surface area contributed by atoms with Gasteiger partial charge in [-0.25, -0.2) is 0 Å². The van der Waals surface area contributed by atoms with E-state index in [-0.39, 0.29) is 28.8 Å². The van der Waals surface area contributed by atoms with E-state index < -0.39 is 10.7 Å². The van der Waals surface area contributed by atoms with Crippen LogP contribution in [-0.2, 0) is 9.47 Å². The summed E-state index contributed by atoms with van der Waals surface area (Å²) in [5.74, 6) is -0.896. The minimum absolute atomic E-state index is 0.0636. The second-order valence-corrected chi connectivity index (χ2v) is 6.81. The Bertz CT molecular complexity index is 700. The van der Waals surface area contributed by atoms with Crippen LogP contribution in [0.1, 0.15) is 35.7 Å². The molecule has 2 aliphatic rings. The standard InChI is InChI=1S/C17H23N3O5/c1-11-8-13(15(18)14(9-11)20(22)23)16(21)19-5-3-4-12(10-19)17(2)24-6-7-25-17/h8-9,12H,3-7,10,18H2,1-2H3/t12-/m0/s1. The van der Waals surface area contributed by atoms with Crippen LogP contribution in [-0.4, -0.2) is 47.8 Å². The summed E-state index contributed by atoms with van der Waals surface area (Å²) in [6.45, 7) is 5.80. The molecule has 8 nitrogen and oxygen atoms in total. The molecule has 8 heteroatoms. The van der Waals surface area contributed by atoms with Crippen molar-refractivity contribution in [1.29, 1.82) is 0 Å². The molecule has 0 unspecified atom stereocenters. The number of rotatable bonds is 3. The van der Waals surface area contributed by atoms with Gasteiger partial charge in [-0.15, -0.1) is 0 Å². The quantitative estimate of drug-likeness (QED) is 0.508. The maximum absolute atomic E-state index is 13.0. The van der Waals surface area contributed by atoms with E-state index in [2.05, 4.69) is 0 Å². The van der Waals surface area contributed by atoms with E-state index in [9.17, 15) is 14.9 Å². The molecule has 2 saturated heterocycles. The Hall–Kier alpha value is -2.19. The van der Waals surface area contributed by atoms with Crippen molar-refractivity contribution in [2.75, 3.05) is 32.0 Å². The van der Waals surface area contributed by atoms with Gasteiger partial charge in [0.1, 0.15) is 5.69 Å². The zero-order valence-electron chi connectivity index (χ0n) is 14.5. The first-order valence-corrected chi connectivity index (χ1v) is 8.43. The highest BCUT2D eigenvalue weighted by Gasteiger charge is 2.43. The molecule has 2 N–H and O–H groups in total. The van der Waals surface area contributed by atoms with Crippen molar-refractivity contribution in [3.8, 4) is 0 Å². The number of nitro groups is 1. The van der Waals surface area contributed by atoms with Crippen molar-refractivity contribution in [1.82, 2.24) is 4.90 Å². The first kappa shape index (κ1) is 17.6. The molecule has 1 atom stereocenters. The number of amides is 1. The average Bonchev–Trinajstić information content (AvgIpc) is 3.04. The van der Waals surface area contributed by atoms with Crippen LogP contribution in [0.4, 0.5) is 11.4 Å². The summed E-state index contributed by atoms with van der Waals surface area (Å²) in [5, 5.41) is 11.2. The van der Waals surface area contributed by atoms with Gasteiger partial charge in [-0.3, -0.25) is 14.9 Å². The van der Waals surface area contributed by atoms with E-state index in [0.717, 1.165) is 12.8 Å². The number of ether oxygens (including phenoxy) is 2. The van der Waals surface area contributed by atoms with Gasteiger partial charge in [0.2, 0.25) is 0 Å². The first-order chi connectivity index (χ1) is 11.8. The van der Waals surface area contributed by atoms with Crippen molar-refractivity contribution in [3.63, 3.8) is 0 Å². The molecule has 1 amide bonds. The molecule has 136 valence electrons. The maximum Gasteiger partial charge on any atom is 0.293 e. The van der Waals surface area contributed by atoms with E-state index in [1.807, 2.05) is 6.92 Å². The second kappa shape index (κ2) is 6.61. The topological polar surface area (TPSA) is 108 Å². The third-order valence-corrected chi connectivity index (χ3v) is 5.04. The lowest BCUT2D eigenvalue weighted by Crippen LogP contribution is -2.48. The number of nitrogens with two attached hydrogens (primary N) is 1. The number of nitro benzene ring substituents is 1. The largest absolute Gasteiger partial charge is 0.393 e.